The van der Waals surface area contributed by atoms with E-state index in [1.807, 2.05) is 11.8 Å². The Hall–Kier alpha value is -0.820. The maximum Gasteiger partial charge on any atom is 0.411 e. The van der Waals surface area contributed by atoms with Crippen molar-refractivity contribution in [3.8, 4) is 0 Å². The highest BCUT2D eigenvalue weighted by atomic mass is 19.4. The largest absolute Gasteiger partial charge is 0.469 e. The van der Waals surface area contributed by atoms with Gasteiger partial charge in [-0.3, -0.25) is 4.79 Å². The van der Waals surface area contributed by atoms with Crippen LogP contribution in [0.1, 0.15) is 19.8 Å². The molecule has 0 unspecified atom stereocenters. The molecule has 0 bridgehead atoms. The van der Waals surface area contributed by atoms with Crippen LogP contribution in [0.25, 0.3) is 0 Å². The highest BCUT2D eigenvalue weighted by Gasteiger charge is 2.27. The summed E-state index contributed by atoms with van der Waals surface area (Å²) in [7, 11) is 1.32. The third-order valence-corrected chi connectivity index (χ3v) is 2.34. The summed E-state index contributed by atoms with van der Waals surface area (Å²) < 4.78 is 44.3. The van der Waals surface area contributed by atoms with Crippen molar-refractivity contribution in [3.05, 3.63) is 0 Å². The first-order valence-electron chi connectivity index (χ1n) is 5.82. The number of esters is 1. The van der Waals surface area contributed by atoms with Crippen molar-refractivity contribution < 1.29 is 27.4 Å². The number of carbonyl (C=O) groups excluding carboxylic acids is 1. The average molecular weight is 271 g/mol. The molecule has 0 fully saturated rings. The van der Waals surface area contributed by atoms with E-state index in [1.54, 1.807) is 0 Å². The van der Waals surface area contributed by atoms with E-state index in [0.29, 0.717) is 19.5 Å². The number of hydrogen-bond acceptors (Lipinski definition) is 4. The molecule has 0 aliphatic heterocycles. The van der Waals surface area contributed by atoms with Gasteiger partial charge >= 0.3 is 12.1 Å². The zero-order chi connectivity index (χ0) is 14.0. The van der Waals surface area contributed by atoms with Crippen molar-refractivity contribution in [2.24, 2.45) is 0 Å². The lowest BCUT2D eigenvalue weighted by Gasteiger charge is -2.19. The summed E-state index contributed by atoms with van der Waals surface area (Å²) in [5.74, 6) is -0.290. The van der Waals surface area contributed by atoms with Crippen LogP contribution in [0, 0.1) is 0 Å². The van der Waals surface area contributed by atoms with Crippen LogP contribution < -0.4 is 0 Å². The van der Waals surface area contributed by atoms with Crippen molar-refractivity contribution in [1.29, 1.82) is 0 Å². The number of nitrogens with zero attached hydrogens (tertiary/aromatic N) is 1. The Labute approximate surface area is 105 Å². The monoisotopic (exact) mass is 271 g/mol. The summed E-state index contributed by atoms with van der Waals surface area (Å²) in [5.41, 5.74) is 0. The Morgan fingerprint density at radius 2 is 1.94 bits per heavy atom. The molecule has 108 valence electrons. The van der Waals surface area contributed by atoms with Gasteiger partial charge in [-0.25, -0.2) is 0 Å². The quantitative estimate of drug-likeness (QED) is 0.474. The molecule has 0 saturated carbocycles. The zero-order valence-corrected chi connectivity index (χ0v) is 10.8. The fourth-order valence-corrected chi connectivity index (χ4v) is 1.36. The lowest BCUT2D eigenvalue weighted by Crippen LogP contribution is -2.28. The molecule has 0 aromatic carbocycles. The van der Waals surface area contributed by atoms with Gasteiger partial charge in [0.25, 0.3) is 0 Å². The summed E-state index contributed by atoms with van der Waals surface area (Å²) in [6, 6.07) is 0. The second-order valence-corrected chi connectivity index (χ2v) is 3.78. The lowest BCUT2D eigenvalue weighted by molar-refractivity contribution is -0.174. The van der Waals surface area contributed by atoms with E-state index in [0.717, 1.165) is 6.54 Å². The normalized spacial score (nSPS) is 11.9. The molecule has 7 heteroatoms. The van der Waals surface area contributed by atoms with E-state index in [2.05, 4.69) is 9.47 Å². The minimum absolute atomic E-state index is 0.0637. The van der Waals surface area contributed by atoms with E-state index >= 15 is 0 Å². The fourth-order valence-electron chi connectivity index (χ4n) is 1.36. The number of ether oxygens (including phenoxy) is 2. The molecule has 0 rings (SSSR count). The first-order chi connectivity index (χ1) is 8.39. The summed E-state index contributed by atoms with van der Waals surface area (Å²) >= 11 is 0. The summed E-state index contributed by atoms with van der Waals surface area (Å²) in [6.45, 7) is 2.66. The highest BCUT2D eigenvalue weighted by molar-refractivity contribution is 5.69. The van der Waals surface area contributed by atoms with Gasteiger partial charge in [0.05, 0.1) is 13.5 Å². The van der Waals surface area contributed by atoms with Crippen LogP contribution in [0.3, 0.4) is 0 Å². The number of carbonyl (C=O) groups is 1. The Bertz CT molecular complexity index is 234. The van der Waals surface area contributed by atoms with Crippen molar-refractivity contribution >= 4 is 5.97 Å². The summed E-state index contributed by atoms with van der Waals surface area (Å²) in [6.07, 6.45) is -3.48. The van der Waals surface area contributed by atoms with Crippen LogP contribution in [0.15, 0.2) is 0 Å². The fraction of sp³-hybridized carbons (Fsp3) is 0.909. The minimum atomic E-state index is -4.27. The van der Waals surface area contributed by atoms with E-state index in [-0.39, 0.29) is 19.0 Å². The third kappa shape index (κ3) is 10.3. The first-order valence-corrected chi connectivity index (χ1v) is 5.82. The van der Waals surface area contributed by atoms with Gasteiger partial charge < -0.3 is 14.4 Å². The molecule has 0 spiro atoms. The van der Waals surface area contributed by atoms with Crippen LogP contribution in [0.5, 0.6) is 0 Å². The van der Waals surface area contributed by atoms with Crippen LogP contribution in [0.4, 0.5) is 13.2 Å². The average Bonchev–Trinajstić information content (AvgIpc) is 2.30. The first kappa shape index (κ1) is 17.2. The maximum atomic E-state index is 11.8. The Kier molecular flexibility index (Phi) is 8.74. The molecule has 0 saturated heterocycles. The molecule has 4 nitrogen and oxygen atoms in total. The number of methoxy groups -OCH3 is 1. The number of hydrogen-bond donors (Lipinski definition) is 0. The van der Waals surface area contributed by atoms with Crippen molar-refractivity contribution in [1.82, 2.24) is 4.90 Å². The van der Waals surface area contributed by atoms with E-state index < -0.39 is 12.8 Å². The molecule has 0 aliphatic carbocycles. The van der Waals surface area contributed by atoms with E-state index in [9.17, 15) is 18.0 Å². The van der Waals surface area contributed by atoms with Gasteiger partial charge in [-0.2, -0.15) is 13.2 Å². The molecule has 0 aromatic heterocycles. The van der Waals surface area contributed by atoms with Gasteiger partial charge in [0, 0.05) is 19.7 Å². The van der Waals surface area contributed by atoms with Crippen LogP contribution in [-0.4, -0.2) is 57.0 Å². The standard InChI is InChI=1S/C11H20F3NO3/c1-3-15(7-5-10(16)17-2)6-4-8-18-9-11(12,13)14/h3-9H2,1-2H3. The van der Waals surface area contributed by atoms with Crippen molar-refractivity contribution in [2.45, 2.75) is 25.9 Å². The third-order valence-electron chi connectivity index (χ3n) is 2.34. The smallest absolute Gasteiger partial charge is 0.411 e. The van der Waals surface area contributed by atoms with E-state index in [4.69, 9.17) is 0 Å². The Balaban J connectivity index is 3.59. The Morgan fingerprint density at radius 1 is 1.28 bits per heavy atom. The van der Waals surface area contributed by atoms with Gasteiger partial charge in [-0.15, -0.1) is 0 Å². The molecule has 0 aromatic rings. The molecule has 0 radical (unpaired) electrons. The predicted molar refractivity (Wildman–Crippen MR) is 60.2 cm³/mol. The van der Waals surface area contributed by atoms with Crippen LogP contribution in [-0.2, 0) is 14.3 Å². The van der Waals surface area contributed by atoms with Crippen molar-refractivity contribution in [3.63, 3.8) is 0 Å². The van der Waals surface area contributed by atoms with Crippen LogP contribution >= 0.6 is 0 Å². The topological polar surface area (TPSA) is 38.8 Å². The SMILES string of the molecule is CCN(CCCOCC(F)(F)F)CCC(=O)OC. The molecular formula is C11H20F3NO3. The summed E-state index contributed by atoms with van der Waals surface area (Å²) in [4.78, 5) is 12.9. The number of halogens is 3. The number of rotatable bonds is 9. The zero-order valence-electron chi connectivity index (χ0n) is 10.8. The molecular weight excluding hydrogens is 251 g/mol. The Morgan fingerprint density at radius 3 is 2.44 bits per heavy atom. The minimum Gasteiger partial charge on any atom is -0.469 e. The highest BCUT2D eigenvalue weighted by Crippen LogP contribution is 2.14. The number of alkyl halides is 3. The van der Waals surface area contributed by atoms with Gasteiger partial charge in [0.15, 0.2) is 0 Å². The predicted octanol–water partition coefficient (Wildman–Crippen LogP) is 1.84. The van der Waals surface area contributed by atoms with Crippen molar-refractivity contribution in [2.75, 3.05) is 40.0 Å². The molecule has 0 N–H and O–H groups in total. The molecule has 18 heavy (non-hydrogen) atoms. The molecule has 0 amide bonds. The maximum absolute atomic E-state index is 11.8. The van der Waals surface area contributed by atoms with Gasteiger partial charge in [0.1, 0.15) is 6.61 Å². The second kappa shape index (κ2) is 9.16. The molecule has 0 heterocycles. The lowest BCUT2D eigenvalue weighted by atomic mass is 10.3. The van der Waals surface area contributed by atoms with Gasteiger partial charge in [-0.1, -0.05) is 6.92 Å². The summed E-state index contributed by atoms with van der Waals surface area (Å²) in [5, 5.41) is 0. The van der Waals surface area contributed by atoms with Gasteiger partial charge in [0.2, 0.25) is 0 Å². The second-order valence-electron chi connectivity index (χ2n) is 3.78. The molecule has 0 aliphatic rings. The van der Waals surface area contributed by atoms with E-state index in [1.165, 1.54) is 7.11 Å². The molecule has 0 atom stereocenters. The van der Waals surface area contributed by atoms with Gasteiger partial charge in [-0.05, 0) is 13.0 Å². The van der Waals surface area contributed by atoms with Crippen LogP contribution in [0.2, 0.25) is 0 Å².